The molecule has 0 N–H and O–H groups in total. The summed E-state index contributed by atoms with van der Waals surface area (Å²) >= 11 is 0. The minimum atomic E-state index is -0.196. The fourth-order valence-electron chi connectivity index (χ4n) is 2.41. The van der Waals surface area contributed by atoms with E-state index in [1.807, 2.05) is 30.3 Å². The SMILES string of the molecule is CC1=CC2C1CN2C(=O)OCc1ccccc1. The van der Waals surface area contributed by atoms with Crippen molar-refractivity contribution in [2.75, 3.05) is 6.54 Å². The maximum absolute atomic E-state index is 11.8. The van der Waals surface area contributed by atoms with E-state index in [0.717, 1.165) is 12.1 Å². The number of likely N-dealkylation sites (tertiary alicyclic amines) is 1. The van der Waals surface area contributed by atoms with E-state index in [4.69, 9.17) is 4.74 Å². The first-order valence-electron chi connectivity index (χ1n) is 5.91. The lowest BCUT2D eigenvalue weighted by Crippen LogP contribution is -2.62. The second kappa shape index (κ2) is 3.91. The molecule has 1 aliphatic heterocycles. The molecule has 0 aromatic heterocycles. The molecule has 3 rings (SSSR count). The molecule has 1 amide bonds. The number of rotatable bonds is 2. The Labute approximate surface area is 101 Å². The number of carbonyl (C=O) groups is 1. The maximum Gasteiger partial charge on any atom is 0.410 e. The summed E-state index contributed by atoms with van der Waals surface area (Å²) in [4.78, 5) is 13.6. The molecule has 2 aliphatic rings. The Kier molecular flexibility index (Phi) is 2.39. The number of fused-ring (bicyclic) bond motifs is 1. The molecule has 0 bridgehead atoms. The van der Waals surface area contributed by atoms with Crippen LogP contribution in [-0.4, -0.2) is 23.6 Å². The van der Waals surface area contributed by atoms with Gasteiger partial charge in [0.05, 0.1) is 6.04 Å². The Morgan fingerprint density at radius 3 is 2.76 bits per heavy atom. The van der Waals surface area contributed by atoms with Crippen molar-refractivity contribution in [3.8, 4) is 0 Å². The molecule has 3 heteroatoms. The predicted molar refractivity (Wildman–Crippen MR) is 64.4 cm³/mol. The molecule has 1 fully saturated rings. The van der Waals surface area contributed by atoms with E-state index in [2.05, 4.69) is 13.0 Å². The highest BCUT2D eigenvalue weighted by atomic mass is 16.6. The quantitative estimate of drug-likeness (QED) is 0.729. The molecule has 2 unspecified atom stereocenters. The van der Waals surface area contributed by atoms with Crippen LogP contribution in [0.4, 0.5) is 4.79 Å². The molecular weight excluding hydrogens is 214 g/mol. The zero-order chi connectivity index (χ0) is 11.8. The molecular formula is C14H15NO2. The van der Waals surface area contributed by atoms with E-state index in [1.165, 1.54) is 5.57 Å². The van der Waals surface area contributed by atoms with Crippen LogP contribution in [0.5, 0.6) is 0 Å². The van der Waals surface area contributed by atoms with Crippen molar-refractivity contribution < 1.29 is 9.53 Å². The van der Waals surface area contributed by atoms with Crippen molar-refractivity contribution in [1.82, 2.24) is 4.90 Å². The number of amides is 1. The van der Waals surface area contributed by atoms with Crippen molar-refractivity contribution in [3.05, 3.63) is 47.5 Å². The molecule has 0 spiro atoms. The number of nitrogens with zero attached hydrogens (tertiary/aromatic N) is 1. The van der Waals surface area contributed by atoms with E-state index in [9.17, 15) is 4.79 Å². The van der Waals surface area contributed by atoms with Crippen LogP contribution >= 0.6 is 0 Å². The van der Waals surface area contributed by atoms with Gasteiger partial charge in [-0.2, -0.15) is 0 Å². The second-order valence-corrected chi connectivity index (χ2v) is 4.70. The van der Waals surface area contributed by atoms with E-state index in [0.29, 0.717) is 18.6 Å². The van der Waals surface area contributed by atoms with Gasteiger partial charge in [-0.1, -0.05) is 42.0 Å². The van der Waals surface area contributed by atoms with Crippen LogP contribution in [0, 0.1) is 5.92 Å². The minimum Gasteiger partial charge on any atom is -0.445 e. The van der Waals surface area contributed by atoms with Crippen LogP contribution in [-0.2, 0) is 11.3 Å². The van der Waals surface area contributed by atoms with Crippen molar-refractivity contribution in [3.63, 3.8) is 0 Å². The van der Waals surface area contributed by atoms with Gasteiger partial charge in [-0.25, -0.2) is 4.79 Å². The third-order valence-corrected chi connectivity index (χ3v) is 3.62. The fraction of sp³-hybridized carbons (Fsp3) is 0.357. The van der Waals surface area contributed by atoms with Gasteiger partial charge in [0.1, 0.15) is 6.61 Å². The lowest BCUT2D eigenvalue weighted by molar-refractivity contribution is 0.0208. The van der Waals surface area contributed by atoms with E-state index in [1.54, 1.807) is 4.90 Å². The molecule has 1 aromatic rings. The highest BCUT2D eigenvalue weighted by Crippen LogP contribution is 2.40. The summed E-state index contributed by atoms with van der Waals surface area (Å²) in [5.41, 5.74) is 2.43. The van der Waals surface area contributed by atoms with Gasteiger partial charge in [-0.15, -0.1) is 0 Å². The topological polar surface area (TPSA) is 29.5 Å². The molecule has 1 heterocycles. The van der Waals surface area contributed by atoms with Crippen LogP contribution in [0.1, 0.15) is 12.5 Å². The first-order valence-corrected chi connectivity index (χ1v) is 5.91. The number of carbonyl (C=O) groups excluding carboxylic acids is 1. The second-order valence-electron chi connectivity index (χ2n) is 4.70. The normalized spacial score (nSPS) is 25.2. The van der Waals surface area contributed by atoms with Crippen molar-refractivity contribution in [2.45, 2.75) is 19.6 Å². The third kappa shape index (κ3) is 1.71. The van der Waals surface area contributed by atoms with Gasteiger partial charge >= 0.3 is 6.09 Å². The molecule has 0 radical (unpaired) electrons. The van der Waals surface area contributed by atoms with Crippen molar-refractivity contribution >= 4 is 6.09 Å². The summed E-state index contributed by atoms with van der Waals surface area (Å²) in [6.45, 7) is 3.30. The first kappa shape index (κ1) is 10.4. The molecule has 3 nitrogen and oxygen atoms in total. The van der Waals surface area contributed by atoms with Gasteiger partial charge < -0.3 is 9.64 Å². The Bertz CT molecular complexity index is 466. The average molecular weight is 229 g/mol. The number of benzene rings is 1. The van der Waals surface area contributed by atoms with Gasteiger partial charge in [-0.05, 0) is 12.5 Å². The predicted octanol–water partition coefficient (Wildman–Crippen LogP) is 2.58. The highest BCUT2D eigenvalue weighted by molar-refractivity contribution is 5.71. The molecule has 1 aromatic carbocycles. The van der Waals surface area contributed by atoms with Gasteiger partial charge in [-0.3, -0.25) is 0 Å². The lowest BCUT2D eigenvalue weighted by atomic mass is 9.73. The number of ether oxygens (including phenoxy) is 1. The average Bonchev–Trinajstić information content (AvgIpc) is 2.34. The Morgan fingerprint density at radius 2 is 2.18 bits per heavy atom. The minimum absolute atomic E-state index is 0.196. The van der Waals surface area contributed by atoms with Gasteiger partial charge in [0, 0.05) is 12.5 Å². The fourth-order valence-corrected chi connectivity index (χ4v) is 2.41. The first-order chi connectivity index (χ1) is 8.25. The summed E-state index contributed by atoms with van der Waals surface area (Å²) in [5.74, 6) is 0.597. The van der Waals surface area contributed by atoms with E-state index >= 15 is 0 Å². The molecule has 1 aliphatic carbocycles. The summed E-state index contributed by atoms with van der Waals surface area (Å²) in [6.07, 6.45) is 1.94. The Balaban J connectivity index is 1.52. The third-order valence-electron chi connectivity index (χ3n) is 3.62. The molecule has 1 saturated heterocycles. The molecule has 17 heavy (non-hydrogen) atoms. The van der Waals surface area contributed by atoms with Gasteiger partial charge in [0.15, 0.2) is 0 Å². The molecule has 2 atom stereocenters. The van der Waals surface area contributed by atoms with Crippen molar-refractivity contribution in [1.29, 1.82) is 0 Å². The number of hydrogen-bond acceptors (Lipinski definition) is 2. The van der Waals surface area contributed by atoms with Crippen LogP contribution in [0.25, 0.3) is 0 Å². The largest absolute Gasteiger partial charge is 0.445 e. The number of hydrogen-bond donors (Lipinski definition) is 0. The summed E-state index contributed by atoms with van der Waals surface area (Å²) in [5, 5.41) is 0. The molecule has 0 saturated carbocycles. The summed E-state index contributed by atoms with van der Waals surface area (Å²) in [6, 6.07) is 10.1. The van der Waals surface area contributed by atoms with Crippen LogP contribution in [0.15, 0.2) is 42.0 Å². The zero-order valence-corrected chi connectivity index (χ0v) is 9.80. The van der Waals surface area contributed by atoms with Crippen LogP contribution in [0.3, 0.4) is 0 Å². The standard InChI is InChI=1S/C14H15NO2/c1-10-7-13-12(10)8-15(13)14(16)17-9-11-5-3-2-4-6-11/h2-7,12-13H,8-9H2,1H3. The monoisotopic (exact) mass is 229 g/mol. The zero-order valence-electron chi connectivity index (χ0n) is 9.80. The maximum atomic E-state index is 11.8. The smallest absolute Gasteiger partial charge is 0.410 e. The lowest BCUT2D eigenvalue weighted by Gasteiger charge is -2.52. The molecule has 88 valence electrons. The Hall–Kier alpha value is -1.77. The van der Waals surface area contributed by atoms with E-state index < -0.39 is 0 Å². The van der Waals surface area contributed by atoms with Crippen LogP contribution in [0.2, 0.25) is 0 Å². The van der Waals surface area contributed by atoms with Crippen LogP contribution < -0.4 is 0 Å². The van der Waals surface area contributed by atoms with E-state index in [-0.39, 0.29) is 6.09 Å². The van der Waals surface area contributed by atoms with Crippen molar-refractivity contribution in [2.24, 2.45) is 5.92 Å². The summed E-state index contributed by atoms with van der Waals surface area (Å²) < 4.78 is 5.28. The Morgan fingerprint density at radius 1 is 1.41 bits per heavy atom. The summed E-state index contributed by atoms with van der Waals surface area (Å²) in [7, 11) is 0. The highest BCUT2D eigenvalue weighted by Gasteiger charge is 2.47. The van der Waals surface area contributed by atoms with Gasteiger partial charge in [0.2, 0.25) is 0 Å². The van der Waals surface area contributed by atoms with Gasteiger partial charge in [0.25, 0.3) is 0 Å².